The number of ether oxygens (including phenoxy) is 1. The van der Waals surface area contributed by atoms with Crippen molar-refractivity contribution in [2.24, 2.45) is 5.73 Å². The first-order chi connectivity index (χ1) is 8.04. The molecule has 1 amide bonds. The van der Waals surface area contributed by atoms with E-state index in [1.54, 1.807) is 18.0 Å². The summed E-state index contributed by atoms with van der Waals surface area (Å²) < 4.78 is 4.82. The Morgan fingerprint density at radius 2 is 2.29 bits per heavy atom. The highest BCUT2D eigenvalue weighted by Gasteiger charge is 2.11. The number of primary amides is 1. The smallest absolute Gasteiger partial charge is 0.269 e. The predicted molar refractivity (Wildman–Crippen MR) is 61.7 cm³/mol. The van der Waals surface area contributed by atoms with Gasteiger partial charge in [-0.15, -0.1) is 10.2 Å². The predicted octanol–water partition coefficient (Wildman–Crippen LogP) is -0.981. The molecule has 1 rings (SSSR count). The zero-order chi connectivity index (χ0) is 12.8. The summed E-state index contributed by atoms with van der Waals surface area (Å²) in [5, 5.41) is 17.0. The topological polar surface area (TPSA) is 102 Å². The lowest BCUT2D eigenvalue weighted by Gasteiger charge is -2.20. The lowest BCUT2D eigenvalue weighted by atomic mass is 10.3. The normalized spacial score (nSPS) is 12.2. The zero-order valence-electron chi connectivity index (χ0n) is 9.83. The van der Waals surface area contributed by atoms with Crippen LogP contribution in [0.5, 0.6) is 0 Å². The van der Waals surface area contributed by atoms with Crippen molar-refractivity contribution in [2.75, 3.05) is 32.2 Å². The van der Waals surface area contributed by atoms with E-state index in [1.807, 2.05) is 0 Å². The number of aliphatic hydroxyl groups is 1. The van der Waals surface area contributed by atoms with Crippen LogP contribution in [0.3, 0.4) is 0 Å². The van der Waals surface area contributed by atoms with E-state index in [4.69, 9.17) is 10.5 Å². The van der Waals surface area contributed by atoms with E-state index in [0.29, 0.717) is 12.4 Å². The largest absolute Gasteiger partial charge is 0.389 e. The van der Waals surface area contributed by atoms with Gasteiger partial charge in [-0.2, -0.15) is 0 Å². The molecule has 0 saturated carbocycles. The minimum absolute atomic E-state index is 0.111. The summed E-state index contributed by atoms with van der Waals surface area (Å²) in [7, 11) is 3.28. The van der Waals surface area contributed by atoms with Gasteiger partial charge in [0.1, 0.15) is 0 Å². The Morgan fingerprint density at radius 3 is 2.76 bits per heavy atom. The van der Waals surface area contributed by atoms with Crippen LogP contribution in [0.25, 0.3) is 0 Å². The van der Waals surface area contributed by atoms with Gasteiger partial charge in [0.25, 0.3) is 5.91 Å². The quantitative estimate of drug-likeness (QED) is 0.662. The highest BCUT2D eigenvalue weighted by Crippen LogP contribution is 2.07. The average molecular weight is 240 g/mol. The van der Waals surface area contributed by atoms with E-state index in [9.17, 15) is 9.90 Å². The number of amides is 1. The van der Waals surface area contributed by atoms with Crippen LogP contribution in [0, 0.1) is 0 Å². The lowest BCUT2D eigenvalue weighted by molar-refractivity contribution is 0.0694. The third kappa shape index (κ3) is 3.97. The first kappa shape index (κ1) is 13.3. The molecule has 0 aliphatic heterocycles. The summed E-state index contributed by atoms with van der Waals surface area (Å²) >= 11 is 0. The van der Waals surface area contributed by atoms with E-state index in [1.165, 1.54) is 13.2 Å². The molecule has 0 saturated heterocycles. The van der Waals surface area contributed by atoms with Crippen LogP contribution in [0.4, 0.5) is 5.82 Å². The second kappa shape index (κ2) is 6.12. The molecule has 0 spiro atoms. The molecular weight excluding hydrogens is 224 g/mol. The summed E-state index contributed by atoms with van der Waals surface area (Å²) in [6, 6.07) is 3.11. The average Bonchev–Trinajstić information content (AvgIpc) is 2.29. The van der Waals surface area contributed by atoms with Crippen molar-refractivity contribution in [3.8, 4) is 0 Å². The summed E-state index contributed by atoms with van der Waals surface area (Å²) in [6.45, 7) is 0.607. The molecule has 1 atom stereocenters. The van der Waals surface area contributed by atoms with E-state index in [-0.39, 0.29) is 12.3 Å². The number of aromatic nitrogens is 2. The maximum absolute atomic E-state index is 10.8. The van der Waals surface area contributed by atoms with Gasteiger partial charge in [-0.1, -0.05) is 0 Å². The number of aliphatic hydroxyl groups excluding tert-OH is 1. The number of nitrogens with two attached hydrogens (primary N) is 1. The number of nitrogens with zero attached hydrogens (tertiary/aromatic N) is 3. The van der Waals surface area contributed by atoms with Crippen LogP contribution in [0.1, 0.15) is 10.5 Å². The minimum Gasteiger partial charge on any atom is -0.389 e. The molecule has 94 valence electrons. The van der Waals surface area contributed by atoms with Crippen LogP contribution in [-0.4, -0.2) is 54.6 Å². The van der Waals surface area contributed by atoms with Gasteiger partial charge in [0.15, 0.2) is 11.5 Å². The van der Waals surface area contributed by atoms with Crippen molar-refractivity contribution in [1.82, 2.24) is 10.2 Å². The second-order valence-corrected chi connectivity index (χ2v) is 3.63. The van der Waals surface area contributed by atoms with Gasteiger partial charge in [0, 0.05) is 20.7 Å². The van der Waals surface area contributed by atoms with Gasteiger partial charge in [-0.25, -0.2) is 0 Å². The third-order valence-corrected chi connectivity index (χ3v) is 2.14. The number of carbonyl (C=O) groups is 1. The fourth-order valence-corrected chi connectivity index (χ4v) is 1.31. The van der Waals surface area contributed by atoms with E-state index in [0.717, 1.165) is 0 Å². The van der Waals surface area contributed by atoms with Crippen molar-refractivity contribution in [2.45, 2.75) is 6.10 Å². The number of hydrogen-bond donors (Lipinski definition) is 2. The molecule has 0 fully saturated rings. The molecule has 0 aliphatic rings. The van der Waals surface area contributed by atoms with E-state index in [2.05, 4.69) is 10.2 Å². The summed E-state index contributed by atoms with van der Waals surface area (Å²) in [6.07, 6.45) is -0.609. The molecule has 17 heavy (non-hydrogen) atoms. The van der Waals surface area contributed by atoms with Gasteiger partial charge in [-0.05, 0) is 12.1 Å². The first-order valence-electron chi connectivity index (χ1n) is 5.06. The van der Waals surface area contributed by atoms with Crippen LogP contribution in [-0.2, 0) is 4.74 Å². The van der Waals surface area contributed by atoms with Crippen molar-refractivity contribution >= 4 is 11.7 Å². The Labute approximate surface area is 99.2 Å². The van der Waals surface area contributed by atoms with Crippen LogP contribution in [0.2, 0.25) is 0 Å². The molecule has 1 heterocycles. The Morgan fingerprint density at radius 1 is 1.59 bits per heavy atom. The monoisotopic (exact) mass is 240 g/mol. The zero-order valence-corrected chi connectivity index (χ0v) is 9.83. The number of hydrogen-bond acceptors (Lipinski definition) is 6. The van der Waals surface area contributed by atoms with Gasteiger partial charge in [-0.3, -0.25) is 4.79 Å². The molecule has 1 aromatic rings. The number of carbonyl (C=O) groups excluding carboxylic acids is 1. The maximum atomic E-state index is 10.8. The minimum atomic E-state index is -0.619. The van der Waals surface area contributed by atoms with Crippen molar-refractivity contribution in [3.05, 3.63) is 17.8 Å². The Balaban J connectivity index is 2.63. The molecule has 0 aromatic carbocycles. The number of likely N-dealkylation sites (N-methyl/N-ethyl adjacent to an activating group) is 1. The maximum Gasteiger partial charge on any atom is 0.269 e. The Hall–Kier alpha value is -1.73. The fraction of sp³-hybridized carbons (Fsp3) is 0.500. The standard InChI is InChI=1S/C10H16N4O3/c1-14(5-7(15)6-17-2)9-4-3-8(10(11)16)12-13-9/h3-4,7,15H,5-6H2,1-2H3,(H2,11,16). The second-order valence-electron chi connectivity index (χ2n) is 3.63. The molecule has 7 nitrogen and oxygen atoms in total. The molecule has 0 radical (unpaired) electrons. The van der Waals surface area contributed by atoms with E-state index >= 15 is 0 Å². The van der Waals surface area contributed by atoms with Gasteiger partial charge < -0.3 is 20.5 Å². The molecule has 1 aromatic heterocycles. The van der Waals surface area contributed by atoms with Gasteiger partial charge in [0.2, 0.25) is 0 Å². The molecule has 0 bridgehead atoms. The van der Waals surface area contributed by atoms with Crippen molar-refractivity contribution in [1.29, 1.82) is 0 Å². The highest BCUT2D eigenvalue weighted by atomic mass is 16.5. The fourth-order valence-electron chi connectivity index (χ4n) is 1.31. The molecular formula is C10H16N4O3. The number of methoxy groups -OCH3 is 1. The number of anilines is 1. The third-order valence-electron chi connectivity index (χ3n) is 2.14. The van der Waals surface area contributed by atoms with Crippen molar-refractivity contribution in [3.63, 3.8) is 0 Å². The summed E-state index contributed by atoms with van der Waals surface area (Å²) in [4.78, 5) is 12.5. The molecule has 0 aliphatic carbocycles. The summed E-state index contributed by atoms with van der Waals surface area (Å²) in [5.41, 5.74) is 5.16. The van der Waals surface area contributed by atoms with Crippen molar-refractivity contribution < 1.29 is 14.6 Å². The van der Waals surface area contributed by atoms with Gasteiger partial charge in [0.05, 0.1) is 12.7 Å². The van der Waals surface area contributed by atoms with Gasteiger partial charge >= 0.3 is 0 Å². The van der Waals surface area contributed by atoms with Crippen LogP contribution >= 0.6 is 0 Å². The summed E-state index contributed by atoms with van der Waals surface area (Å²) in [5.74, 6) is -0.0729. The highest BCUT2D eigenvalue weighted by molar-refractivity contribution is 5.90. The van der Waals surface area contributed by atoms with Crippen LogP contribution in [0.15, 0.2) is 12.1 Å². The Kier molecular flexibility index (Phi) is 4.80. The first-order valence-corrected chi connectivity index (χ1v) is 5.06. The Bertz CT molecular complexity index is 368. The molecule has 7 heteroatoms. The lowest BCUT2D eigenvalue weighted by Crippen LogP contribution is -2.32. The number of rotatable bonds is 6. The van der Waals surface area contributed by atoms with E-state index < -0.39 is 12.0 Å². The molecule has 1 unspecified atom stereocenters. The molecule has 3 N–H and O–H groups in total. The van der Waals surface area contributed by atoms with Crippen LogP contribution < -0.4 is 10.6 Å². The SMILES string of the molecule is COCC(O)CN(C)c1ccc(C(N)=O)nn1.